The van der Waals surface area contributed by atoms with Crippen LogP contribution in [0, 0.1) is 0 Å². The van der Waals surface area contributed by atoms with E-state index >= 15 is 0 Å². The van der Waals surface area contributed by atoms with E-state index in [-0.39, 0.29) is 23.9 Å². The highest BCUT2D eigenvalue weighted by atomic mass is 35.5. The van der Waals surface area contributed by atoms with E-state index in [2.05, 4.69) is 4.74 Å². The molecule has 0 aliphatic rings. The SMILES string of the molecule is COc1cc(/C=C/C(=O)OCCN(C)C)ccc1OC(F)F.[Cl-]. The van der Waals surface area contributed by atoms with Gasteiger partial charge in [-0.2, -0.15) is 8.78 Å². The van der Waals surface area contributed by atoms with Gasteiger partial charge < -0.3 is 31.5 Å². The Balaban J connectivity index is 0.00000484. The molecule has 5 nitrogen and oxygen atoms in total. The Morgan fingerprint density at radius 1 is 1.30 bits per heavy atom. The van der Waals surface area contributed by atoms with E-state index in [1.165, 1.54) is 37.5 Å². The van der Waals surface area contributed by atoms with Crippen molar-refractivity contribution in [2.24, 2.45) is 0 Å². The summed E-state index contributed by atoms with van der Waals surface area (Å²) in [5, 5.41) is 0. The van der Waals surface area contributed by atoms with Gasteiger partial charge in [0, 0.05) is 12.6 Å². The normalized spacial score (nSPS) is 10.7. The number of carbonyl (C=O) groups excluding carboxylic acids is 1. The summed E-state index contributed by atoms with van der Waals surface area (Å²) in [7, 11) is 5.09. The number of methoxy groups -OCH3 is 1. The van der Waals surface area contributed by atoms with E-state index in [0.717, 1.165) is 0 Å². The Morgan fingerprint density at radius 2 is 2.00 bits per heavy atom. The van der Waals surface area contributed by atoms with Gasteiger partial charge in [-0.1, -0.05) is 6.07 Å². The minimum absolute atomic E-state index is 0. The number of benzene rings is 1. The molecule has 23 heavy (non-hydrogen) atoms. The smallest absolute Gasteiger partial charge is 0.387 e. The highest BCUT2D eigenvalue weighted by Gasteiger charge is 2.10. The lowest BCUT2D eigenvalue weighted by molar-refractivity contribution is -0.137. The predicted molar refractivity (Wildman–Crippen MR) is 78.2 cm³/mol. The molecule has 0 spiro atoms. The Hall–Kier alpha value is -1.86. The molecule has 0 fully saturated rings. The number of carbonyl (C=O) groups is 1. The zero-order valence-corrected chi connectivity index (χ0v) is 13.8. The molecule has 1 rings (SSSR count). The van der Waals surface area contributed by atoms with Crippen molar-refractivity contribution >= 4 is 12.0 Å². The summed E-state index contributed by atoms with van der Waals surface area (Å²) in [5.74, 6) is -0.389. The van der Waals surface area contributed by atoms with Crippen LogP contribution < -0.4 is 21.9 Å². The summed E-state index contributed by atoms with van der Waals surface area (Å²) >= 11 is 0. The number of likely N-dealkylation sites (N-methyl/N-ethyl adjacent to an activating group) is 1. The van der Waals surface area contributed by atoms with Gasteiger partial charge in [-0.05, 0) is 37.9 Å². The van der Waals surface area contributed by atoms with Gasteiger partial charge in [-0.15, -0.1) is 0 Å². The number of ether oxygens (including phenoxy) is 3. The zero-order chi connectivity index (χ0) is 16.5. The molecular weight excluding hydrogens is 332 g/mol. The van der Waals surface area contributed by atoms with Gasteiger partial charge in [0.25, 0.3) is 0 Å². The fourth-order valence-electron chi connectivity index (χ4n) is 1.52. The zero-order valence-electron chi connectivity index (χ0n) is 13.1. The molecule has 0 aromatic heterocycles. The number of esters is 1. The molecule has 0 bridgehead atoms. The molecule has 0 unspecified atom stereocenters. The summed E-state index contributed by atoms with van der Waals surface area (Å²) < 4.78 is 38.7. The lowest BCUT2D eigenvalue weighted by Gasteiger charge is -2.10. The highest BCUT2D eigenvalue weighted by Crippen LogP contribution is 2.29. The minimum atomic E-state index is -2.93. The Labute approximate surface area is 140 Å². The van der Waals surface area contributed by atoms with Crippen LogP contribution in [-0.2, 0) is 9.53 Å². The summed E-state index contributed by atoms with van der Waals surface area (Å²) in [6.07, 6.45) is 2.77. The van der Waals surface area contributed by atoms with Crippen LogP contribution in [0.15, 0.2) is 24.3 Å². The summed E-state index contributed by atoms with van der Waals surface area (Å²) in [4.78, 5) is 13.4. The van der Waals surface area contributed by atoms with Crippen molar-refractivity contribution in [1.82, 2.24) is 4.90 Å². The fourth-order valence-corrected chi connectivity index (χ4v) is 1.52. The number of hydrogen-bond acceptors (Lipinski definition) is 5. The summed E-state index contributed by atoms with van der Waals surface area (Å²) in [5.41, 5.74) is 0.600. The topological polar surface area (TPSA) is 48.0 Å². The number of hydrogen-bond donors (Lipinski definition) is 0. The van der Waals surface area contributed by atoms with Crippen LogP contribution in [0.4, 0.5) is 8.78 Å². The fraction of sp³-hybridized carbons (Fsp3) is 0.400. The van der Waals surface area contributed by atoms with E-state index < -0.39 is 12.6 Å². The van der Waals surface area contributed by atoms with Crippen molar-refractivity contribution < 1.29 is 40.2 Å². The Morgan fingerprint density at radius 3 is 2.57 bits per heavy atom. The quantitative estimate of drug-likeness (QED) is 0.464. The van der Waals surface area contributed by atoms with Gasteiger partial charge in [0.2, 0.25) is 0 Å². The molecule has 0 amide bonds. The van der Waals surface area contributed by atoms with E-state index in [1.54, 1.807) is 0 Å². The molecule has 0 saturated heterocycles. The van der Waals surface area contributed by atoms with Crippen LogP contribution in [0.25, 0.3) is 6.08 Å². The van der Waals surface area contributed by atoms with Gasteiger partial charge in [0.1, 0.15) is 6.61 Å². The first-order valence-corrected chi connectivity index (χ1v) is 6.54. The number of alkyl halides is 2. The largest absolute Gasteiger partial charge is 1.00 e. The van der Waals surface area contributed by atoms with Crippen LogP contribution in [0.2, 0.25) is 0 Å². The maximum Gasteiger partial charge on any atom is 0.387 e. The lowest BCUT2D eigenvalue weighted by atomic mass is 10.2. The monoisotopic (exact) mass is 350 g/mol. The molecule has 0 aliphatic carbocycles. The first-order chi connectivity index (χ1) is 10.4. The first kappa shape index (κ1) is 21.1. The molecule has 0 radical (unpaired) electrons. The van der Waals surface area contributed by atoms with E-state index in [1.807, 2.05) is 19.0 Å². The molecule has 130 valence electrons. The van der Waals surface area contributed by atoms with Crippen molar-refractivity contribution in [3.8, 4) is 11.5 Å². The molecular formula is C15H19ClF2NO4-. The maximum absolute atomic E-state index is 12.2. The van der Waals surface area contributed by atoms with Gasteiger partial charge in [-0.3, -0.25) is 0 Å². The predicted octanol–water partition coefficient (Wildman–Crippen LogP) is -0.581. The van der Waals surface area contributed by atoms with Crippen LogP contribution in [0.1, 0.15) is 5.56 Å². The number of halogens is 3. The third kappa shape index (κ3) is 8.37. The second-order valence-corrected chi connectivity index (χ2v) is 4.59. The first-order valence-electron chi connectivity index (χ1n) is 6.54. The Kier molecular flexibility index (Phi) is 9.92. The van der Waals surface area contributed by atoms with Crippen molar-refractivity contribution in [2.45, 2.75) is 6.61 Å². The van der Waals surface area contributed by atoms with Gasteiger partial charge >= 0.3 is 12.6 Å². The number of nitrogens with zero attached hydrogens (tertiary/aromatic N) is 1. The highest BCUT2D eigenvalue weighted by molar-refractivity contribution is 5.87. The summed E-state index contributed by atoms with van der Waals surface area (Å²) in [6, 6.07) is 4.37. The van der Waals surface area contributed by atoms with Crippen LogP contribution in [-0.4, -0.2) is 51.8 Å². The van der Waals surface area contributed by atoms with Crippen LogP contribution in [0.3, 0.4) is 0 Å². The van der Waals surface area contributed by atoms with Crippen molar-refractivity contribution in [3.05, 3.63) is 29.8 Å². The third-order valence-electron chi connectivity index (χ3n) is 2.60. The Bertz CT molecular complexity index is 524. The number of rotatable bonds is 8. The average molecular weight is 351 g/mol. The van der Waals surface area contributed by atoms with Gasteiger partial charge in [0.15, 0.2) is 11.5 Å². The second kappa shape index (κ2) is 10.8. The molecule has 1 aromatic carbocycles. The molecule has 0 aliphatic heterocycles. The summed E-state index contributed by atoms with van der Waals surface area (Å²) in [6.45, 7) is -2.00. The van der Waals surface area contributed by atoms with E-state index in [9.17, 15) is 13.6 Å². The standard InChI is InChI=1S/C15H19F2NO4.ClH/c1-18(2)8-9-21-14(19)7-5-11-4-6-12(22-15(16)17)13(10-11)20-3;/h4-7,10,15H,8-9H2,1-3H3;1H/p-1/b7-5+;. The molecule has 0 N–H and O–H groups in total. The molecule has 0 saturated carbocycles. The lowest BCUT2D eigenvalue weighted by Crippen LogP contribution is -3.00. The molecule has 1 aromatic rings. The van der Waals surface area contributed by atoms with Crippen LogP contribution >= 0.6 is 0 Å². The molecule has 8 heteroatoms. The molecule has 0 atom stereocenters. The van der Waals surface area contributed by atoms with Crippen molar-refractivity contribution in [2.75, 3.05) is 34.4 Å². The maximum atomic E-state index is 12.2. The minimum Gasteiger partial charge on any atom is -1.00 e. The van der Waals surface area contributed by atoms with Crippen molar-refractivity contribution in [1.29, 1.82) is 0 Å². The molecule has 0 heterocycles. The average Bonchev–Trinajstić information content (AvgIpc) is 2.45. The van der Waals surface area contributed by atoms with Gasteiger partial charge in [0.05, 0.1) is 7.11 Å². The third-order valence-corrected chi connectivity index (χ3v) is 2.60. The van der Waals surface area contributed by atoms with E-state index in [4.69, 9.17) is 9.47 Å². The van der Waals surface area contributed by atoms with Gasteiger partial charge in [-0.25, -0.2) is 4.79 Å². The van der Waals surface area contributed by atoms with Crippen molar-refractivity contribution in [3.63, 3.8) is 0 Å². The van der Waals surface area contributed by atoms with Crippen LogP contribution in [0.5, 0.6) is 11.5 Å². The van der Waals surface area contributed by atoms with E-state index in [0.29, 0.717) is 18.7 Å². The second-order valence-electron chi connectivity index (χ2n) is 4.59.